The van der Waals surface area contributed by atoms with Crippen LogP contribution < -0.4 is 4.90 Å². The number of hydrogen-bond donors (Lipinski definition) is 1. The van der Waals surface area contributed by atoms with Crippen LogP contribution in [-0.4, -0.2) is 50.4 Å². The molecule has 7 nitrogen and oxygen atoms in total. The number of carbonyl (C=O) groups excluding carboxylic acids is 1. The number of likely N-dealkylation sites (tertiary alicyclic amines) is 1. The summed E-state index contributed by atoms with van der Waals surface area (Å²) in [5, 5.41) is 1.10. The van der Waals surface area contributed by atoms with Gasteiger partial charge in [-0.3, -0.25) is 9.78 Å². The largest absolute Gasteiger partial charge is 0.355 e. The SMILES string of the molecule is Cc1cncc(N2CCC3(CCCN(Cc4c[nH]c5ncccc45)C3=O)CC2)n1. The Labute approximate surface area is 170 Å². The molecule has 0 atom stereocenters. The van der Waals surface area contributed by atoms with E-state index in [1.54, 1.807) is 12.4 Å². The number of nitrogens with one attached hydrogen (secondary N) is 1. The highest BCUT2D eigenvalue weighted by Crippen LogP contribution is 2.42. The Kier molecular flexibility index (Phi) is 4.45. The molecule has 3 aromatic rings. The highest BCUT2D eigenvalue weighted by Gasteiger charge is 2.45. The van der Waals surface area contributed by atoms with Gasteiger partial charge in [-0.2, -0.15) is 0 Å². The number of aromatic amines is 1. The molecule has 29 heavy (non-hydrogen) atoms. The van der Waals surface area contributed by atoms with Crippen molar-refractivity contribution in [3.8, 4) is 0 Å². The molecule has 0 aliphatic carbocycles. The Balaban J connectivity index is 1.31. The number of hydrogen-bond acceptors (Lipinski definition) is 5. The molecule has 5 rings (SSSR count). The van der Waals surface area contributed by atoms with Crippen molar-refractivity contribution >= 4 is 22.8 Å². The van der Waals surface area contributed by atoms with Crippen molar-refractivity contribution in [2.75, 3.05) is 24.5 Å². The fourth-order valence-electron chi connectivity index (χ4n) is 4.88. The predicted molar refractivity (Wildman–Crippen MR) is 111 cm³/mol. The Morgan fingerprint density at radius 3 is 2.86 bits per heavy atom. The first-order valence-corrected chi connectivity index (χ1v) is 10.4. The van der Waals surface area contributed by atoms with Gasteiger partial charge < -0.3 is 14.8 Å². The Morgan fingerprint density at radius 1 is 1.17 bits per heavy atom. The summed E-state index contributed by atoms with van der Waals surface area (Å²) in [6, 6.07) is 4.02. The minimum atomic E-state index is -0.226. The van der Waals surface area contributed by atoms with E-state index >= 15 is 0 Å². The van der Waals surface area contributed by atoms with Gasteiger partial charge in [0.2, 0.25) is 5.91 Å². The highest BCUT2D eigenvalue weighted by atomic mass is 16.2. The molecule has 2 saturated heterocycles. The van der Waals surface area contributed by atoms with Gasteiger partial charge in [-0.1, -0.05) is 0 Å². The van der Waals surface area contributed by atoms with E-state index in [9.17, 15) is 4.79 Å². The third kappa shape index (κ3) is 3.24. The van der Waals surface area contributed by atoms with Crippen LogP contribution in [0.2, 0.25) is 0 Å². The lowest BCUT2D eigenvalue weighted by Crippen LogP contribution is -2.53. The van der Waals surface area contributed by atoms with Gasteiger partial charge in [0.1, 0.15) is 11.5 Å². The molecule has 7 heteroatoms. The summed E-state index contributed by atoms with van der Waals surface area (Å²) >= 11 is 0. The van der Waals surface area contributed by atoms with Crippen LogP contribution in [0, 0.1) is 12.3 Å². The summed E-state index contributed by atoms with van der Waals surface area (Å²) in [5.41, 5.74) is 2.73. The molecule has 2 aliphatic rings. The van der Waals surface area contributed by atoms with E-state index in [1.165, 1.54) is 0 Å². The smallest absolute Gasteiger partial charge is 0.229 e. The zero-order valence-electron chi connectivity index (χ0n) is 16.8. The van der Waals surface area contributed by atoms with E-state index in [1.807, 2.05) is 25.4 Å². The van der Waals surface area contributed by atoms with Crippen LogP contribution in [0.3, 0.4) is 0 Å². The van der Waals surface area contributed by atoms with Crippen LogP contribution in [0.25, 0.3) is 11.0 Å². The molecule has 1 amide bonds. The zero-order chi connectivity index (χ0) is 19.8. The molecule has 0 aromatic carbocycles. The maximum absolute atomic E-state index is 13.5. The van der Waals surface area contributed by atoms with Gasteiger partial charge in [-0.25, -0.2) is 9.97 Å². The van der Waals surface area contributed by atoms with E-state index in [-0.39, 0.29) is 5.41 Å². The lowest BCUT2D eigenvalue weighted by molar-refractivity contribution is -0.148. The number of H-pyrrole nitrogens is 1. The molecule has 150 valence electrons. The van der Waals surface area contributed by atoms with Crippen LogP contribution >= 0.6 is 0 Å². The van der Waals surface area contributed by atoms with Crippen molar-refractivity contribution < 1.29 is 4.79 Å². The summed E-state index contributed by atoms with van der Waals surface area (Å²) in [6.45, 7) is 5.16. The normalized spacial score (nSPS) is 19.3. The summed E-state index contributed by atoms with van der Waals surface area (Å²) in [4.78, 5) is 34.3. The first kappa shape index (κ1) is 18.1. The third-order valence-corrected chi connectivity index (χ3v) is 6.51. The molecular formula is C22H26N6O. The number of aromatic nitrogens is 4. The second-order valence-corrected chi connectivity index (χ2v) is 8.33. The molecule has 2 aliphatic heterocycles. The molecule has 5 heterocycles. The fraction of sp³-hybridized carbons (Fsp3) is 0.455. The van der Waals surface area contributed by atoms with Crippen LogP contribution in [0.5, 0.6) is 0 Å². The number of pyridine rings is 1. The first-order chi connectivity index (χ1) is 14.1. The summed E-state index contributed by atoms with van der Waals surface area (Å²) < 4.78 is 0. The molecule has 0 saturated carbocycles. The van der Waals surface area contributed by atoms with Crippen molar-refractivity contribution in [3.05, 3.63) is 48.2 Å². The molecule has 1 N–H and O–H groups in total. The first-order valence-electron chi connectivity index (χ1n) is 10.4. The van der Waals surface area contributed by atoms with Gasteiger partial charge >= 0.3 is 0 Å². The fourth-order valence-corrected chi connectivity index (χ4v) is 4.88. The van der Waals surface area contributed by atoms with Crippen molar-refractivity contribution in [1.29, 1.82) is 0 Å². The molecule has 0 unspecified atom stereocenters. The maximum Gasteiger partial charge on any atom is 0.229 e. The van der Waals surface area contributed by atoms with E-state index in [4.69, 9.17) is 0 Å². The standard InChI is InChI=1S/C22H26N6O/c1-16-12-23-14-19(26-16)27-10-6-22(7-11-27)5-3-9-28(21(22)29)15-17-13-25-20-18(17)4-2-8-24-20/h2,4,8,12-14H,3,5-7,9-11,15H2,1H3,(H,24,25). The van der Waals surface area contributed by atoms with E-state index < -0.39 is 0 Å². The Hall–Kier alpha value is -2.96. The lowest BCUT2D eigenvalue weighted by atomic mass is 9.71. The van der Waals surface area contributed by atoms with E-state index in [2.05, 4.69) is 35.8 Å². The summed E-state index contributed by atoms with van der Waals surface area (Å²) in [6.07, 6.45) is 11.2. The van der Waals surface area contributed by atoms with Crippen LogP contribution in [-0.2, 0) is 11.3 Å². The number of anilines is 1. The van der Waals surface area contributed by atoms with E-state index in [0.717, 1.165) is 73.4 Å². The number of piperidine rings is 2. The number of aryl methyl sites for hydroxylation is 1. The van der Waals surface area contributed by atoms with Gasteiger partial charge in [-0.05, 0) is 50.3 Å². The van der Waals surface area contributed by atoms with Gasteiger partial charge in [0.15, 0.2) is 0 Å². The average Bonchev–Trinajstić information content (AvgIpc) is 3.15. The predicted octanol–water partition coefficient (Wildman–Crippen LogP) is 3.07. The Morgan fingerprint density at radius 2 is 2.03 bits per heavy atom. The van der Waals surface area contributed by atoms with Crippen LogP contribution in [0.1, 0.15) is 36.9 Å². The number of fused-ring (bicyclic) bond motifs is 1. The monoisotopic (exact) mass is 390 g/mol. The summed E-state index contributed by atoms with van der Waals surface area (Å²) in [5.74, 6) is 1.24. The minimum absolute atomic E-state index is 0.226. The maximum atomic E-state index is 13.5. The lowest BCUT2D eigenvalue weighted by Gasteiger charge is -2.46. The summed E-state index contributed by atoms with van der Waals surface area (Å²) in [7, 11) is 0. The zero-order valence-corrected chi connectivity index (χ0v) is 16.8. The van der Waals surface area contributed by atoms with Gasteiger partial charge in [-0.15, -0.1) is 0 Å². The van der Waals surface area contributed by atoms with Crippen LogP contribution in [0.15, 0.2) is 36.9 Å². The topological polar surface area (TPSA) is 78.0 Å². The number of nitrogens with zero attached hydrogens (tertiary/aromatic N) is 5. The minimum Gasteiger partial charge on any atom is -0.355 e. The second kappa shape index (κ2) is 7.13. The molecular weight excluding hydrogens is 364 g/mol. The molecule has 0 bridgehead atoms. The quantitative estimate of drug-likeness (QED) is 0.744. The van der Waals surface area contributed by atoms with Crippen molar-refractivity contribution in [2.45, 2.75) is 39.2 Å². The van der Waals surface area contributed by atoms with Crippen molar-refractivity contribution in [2.24, 2.45) is 5.41 Å². The van der Waals surface area contributed by atoms with Crippen LogP contribution in [0.4, 0.5) is 5.82 Å². The average molecular weight is 390 g/mol. The number of carbonyl (C=O) groups is 1. The second-order valence-electron chi connectivity index (χ2n) is 8.33. The molecule has 1 spiro atoms. The highest BCUT2D eigenvalue weighted by molar-refractivity contribution is 5.85. The molecule has 2 fully saturated rings. The van der Waals surface area contributed by atoms with Crippen molar-refractivity contribution in [1.82, 2.24) is 24.8 Å². The molecule has 0 radical (unpaired) electrons. The number of rotatable bonds is 3. The van der Waals surface area contributed by atoms with Gasteiger partial charge in [0, 0.05) is 50.2 Å². The van der Waals surface area contributed by atoms with E-state index in [0.29, 0.717) is 12.5 Å². The van der Waals surface area contributed by atoms with Gasteiger partial charge in [0.05, 0.1) is 17.3 Å². The molecule has 3 aromatic heterocycles. The Bertz CT molecular complexity index is 1040. The number of amides is 1. The van der Waals surface area contributed by atoms with Gasteiger partial charge in [0.25, 0.3) is 0 Å². The van der Waals surface area contributed by atoms with Crippen molar-refractivity contribution in [3.63, 3.8) is 0 Å². The third-order valence-electron chi connectivity index (χ3n) is 6.51.